The minimum absolute atomic E-state index is 0.663. The molecular formula is C22H30N4O. The topological polar surface area (TPSA) is 31.8 Å². The molecule has 1 aromatic heterocycles. The summed E-state index contributed by atoms with van der Waals surface area (Å²) in [6.45, 7) is 9.58. The second-order valence-electron chi connectivity index (χ2n) is 7.56. The first-order valence-corrected chi connectivity index (χ1v) is 10.1. The van der Waals surface area contributed by atoms with Crippen molar-refractivity contribution in [3.63, 3.8) is 0 Å². The fraction of sp³-hybridized carbons (Fsp3) is 0.500. The molecule has 0 spiro atoms. The van der Waals surface area contributed by atoms with E-state index in [1.54, 1.807) is 0 Å². The Labute approximate surface area is 162 Å². The van der Waals surface area contributed by atoms with Crippen LogP contribution in [0.4, 0.5) is 5.69 Å². The zero-order chi connectivity index (χ0) is 18.6. The molecule has 27 heavy (non-hydrogen) atoms. The van der Waals surface area contributed by atoms with E-state index in [-0.39, 0.29) is 0 Å². The minimum Gasteiger partial charge on any atom is -0.493 e. The number of piperazine rings is 1. The molecule has 5 heteroatoms. The van der Waals surface area contributed by atoms with Crippen LogP contribution in [0.3, 0.4) is 0 Å². The predicted molar refractivity (Wildman–Crippen MR) is 111 cm³/mol. The van der Waals surface area contributed by atoms with E-state index in [1.807, 2.05) is 31.3 Å². The highest BCUT2D eigenvalue weighted by molar-refractivity contribution is 5.68. The summed E-state index contributed by atoms with van der Waals surface area (Å²) < 4.78 is 5.75. The van der Waals surface area contributed by atoms with Crippen molar-refractivity contribution in [2.24, 2.45) is 0 Å². The Bertz CT molecular complexity index is 740. The summed E-state index contributed by atoms with van der Waals surface area (Å²) in [4.78, 5) is 12.3. The van der Waals surface area contributed by atoms with Gasteiger partial charge in [-0.2, -0.15) is 0 Å². The largest absolute Gasteiger partial charge is 0.493 e. The zero-order valence-corrected chi connectivity index (χ0v) is 16.5. The number of likely N-dealkylation sites (tertiary alicyclic amines) is 1. The molecule has 0 aliphatic carbocycles. The maximum absolute atomic E-state index is 5.75. The second kappa shape index (κ2) is 8.28. The number of pyridine rings is 1. The number of hydrogen-bond acceptors (Lipinski definition) is 5. The van der Waals surface area contributed by atoms with Gasteiger partial charge in [-0.15, -0.1) is 0 Å². The quantitative estimate of drug-likeness (QED) is 0.812. The number of ether oxygens (including phenoxy) is 1. The van der Waals surface area contributed by atoms with Crippen LogP contribution in [-0.2, 0) is 0 Å². The Morgan fingerprint density at radius 1 is 1.04 bits per heavy atom. The SMILES string of the molecule is CCOc1ccccc1-c1ccc(N2CCN([C@H]3CCN(C)C3)CC2)cn1. The van der Waals surface area contributed by atoms with E-state index in [0.717, 1.165) is 49.2 Å². The molecule has 4 rings (SSSR count). The summed E-state index contributed by atoms with van der Waals surface area (Å²) in [6, 6.07) is 13.2. The summed E-state index contributed by atoms with van der Waals surface area (Å²) in [6.07, 6.45) is 3.32. The molecule has 0 N–H and O–H groups in total. The van der Waals surface area contributed by atoms with Crippen LogP contribution in [0.1, 0.15) is 13.3 Å². The standard InChI is InChI=1S/C22H30N4O/c1-3-27-22-7-5-4-6-20(22)21-9-8-18(16-23-21)25-12-14-26(15-13-25)19-10-11-24(2)17-19/h4-9,16,19H,3,10-15,17H2,1-2H3/t19-/m0/s1. The van der Waals surface area contributed by atoms with Crippen molar-refractivity contribution in [1.29, 1.82) is 0 Å². The molecule has 3 heterocycles. The molecule has 2 fully saturated rings. The molecule has 2 aromatic rings. The predicted octanol–water partition coefficient (Wildman–Crippen LogP) is 2.97. The molecule has 2 saturated heterocycles. The zero-order valence-electron chi connectivity index (χ0n) is 16.5. The monoisotopic (exact) mass is 366 g/mol. The maximum Gasteiger partial charge on any atom is 0.128 e. The van der Waals surface area contributed by atoms with Gasteiger partial charge < -0.3 is 14.5 Å². The summed E-state index contributed by atoms with van der Waals surface area (Å²) >= 11 is 0. The Hall–Kier alpha value is -2.11. The van der Waals surface area contributed by atoms with Crippen molar-refractivity contribution < 1.29 is 4.74 Å². The van der Waals surface area contributed by atoms with Crippen LogP contribution in [0, 0.1) is 0 Å². The molecule has 144 valence electrons. The van der Waals surface area contributed by atoms with Gasteiger partial charge in [-0.25, -0.2) is 0 Å². The molecule has 2 aliphatic heterocycles. The summed E-state index contributed by atoms with van der Waals surface area (Å²) in [7, 11) is 2.23. The lowest BCUT2D eigenvalue weighted by Gasteiger charge is -2.39. The van der Waals surface area contributed by atoms with Gasteiger partial charge in [0.15, 0.2) is 0 Å². The fourth-order valence-corrected chi connectivity index (χ4v) is 4.25. The summed E-state index contributed by atoms with van der Waals surface area (Å²) in [5, 5.41) is 0. The van der Waals surface area contributed by atoms with Crippen molar-refractivity contribution in [3.05, 3.63) is 42.6 Å². The first kappa shape index (κ1) is 18.3. The molecule has 0 saturated carbocycles. The lowest BCUT2D eigenvalue weighted by molar-refractivity contribution is 0.187. The van der Waals surface area contributed by atoms with Crippen LogP contribution in [0.2, 0.25) is 0 Å². The average Bonchev–Trinajstić information content (AvgIpc) is 3.15. The molecule has 0 bridgehead atoms. The third kappa shape index (κ3) is 4.09. The third-order valence-electron chi connectivity index (χ3n) is 5.77. The van der Waals surface area contributed by atoms with Gasteiger partial charge >= 0.3 is 0 Å². The van der Waals surface area contributed by atoms with E-state index in [2.05, 4.69) is 39.9 Å². The van der Waals surface area contributed by atoms with Gasteiger partial charge in [0.2, 0.25) is 0 Å². The van der Waals surface area contributed by atoms with Crippen molar-refractivity contribution in [3.8, 4) is 17.0 Å². The van der Waals surface area contributed by atoms with Crippen LogP contribution in [-0.4, -0.2) is 73.7 Å². The van der Waals surface area contributed by atoms with Crippen LogP contribution < -0.4 is 9.64 Å². The summed E-state index contributed by atoms with van der Waals surface area (Å²) in [5.41, 5.74) is 3.24. The lowest BCUT2D eigenvalue weighted by atomic mass is 10.1. The lowest BCUT2D eigenvalue weighted by Crippen LogP contribution is -2.51. The fourth-order valence-electron chi connectivity index (χ4n) is 4.25. The van der Waals surface area contributed by atoms with Gasteiger partial charge in [-0.1, -0.05) is 12.1 Å². The van der Waals surface area contributed by atoms with Gasteiger partial charge in [0.1, 0.15) is 5.75 Å². The van der Waals surface area contributed by atoms with Crippen molar-refractivity contribution in [2.45, 2.75) is 19.4 Å². The smallest absolute Gasteiger partial charge is 0.128 e. The van der Waals surface area contributed by atoms with E-state index in [1.165, 1.54) is 25.2 Å². The van der Waals surface area contributed by atoms with Crippen LogP contribution >= 0.6 is 0 Å². The molecule has 5 nitrogen and oxygen atoms in total. The van der Waals surface area contributed by atoms with Crippen LogP contribution in [0.25, 0.3) is 11.3 Å². The normalized spacial score (nSPS) is 21.6. The molecular weight excluding hydrogens is 336 g/mol. The maximum atomic E-state index is 5.75. The number of rotatable bonds is 5. The van der Waals surface area contributed by atoms with Crippen molar-refractivity contribution in [2.75, 3.05) is 57.8 Å². The number of anilines is 1. The van der Waals surface area contributed by atoms with E-state index in [9.17, 15) is 0 Å². The van der Waals surface area contributed by atoms with Gasteiger partial charge in [0.25, 0.3) is 0 Å². The van der Waals surface area contributed by atoms with Crippen LogP contribution in [0.15, 0.2) is 42.6 Å². The highest BCUT2D eigenvalue weighted by atomic mass is 16.5. The van der Waals surface area contributed by atoms with Gasteiger partial charge in [-0.05, 0) is 51.2 Å². The number of para-hydroxylation sites is 1. The van der Waals surface area contributed by atoms with E-state index in [0.29, 0.717) is 6.61 Å². The number of hydrogen-bond donors (Lipinski definition) is 0. The summed E-state index contributed by atoms with van der Waals surface area (Å²) in [5.74, 6) is 0.899. The van der Waals surface area contributed by atoms with E-state index >= 15 is 0 Å². The molecule has 0 amide bonds. The van der Waals surface area contributed by atoms with Crippen LogP contribution in [0.5, 0.6) is 5.75 Å². The first-order chi connectivity index (χ1) is 13.2. The minimum atomic E-state index is 0.663. The number of likely N-dealkylation sites (N-methyl/N-ethyl adjacent to an activating group) is 1. The molecule has 0 unspecified atom stereocenters. The van der Waals surface area contributed by atoms with Crippen molar-refractivity contribution >= 4 is 5.69 Å². The van der Waals surface area contributed by atoms with Crippen molar-refractivity contribution in [1.82, 2.24) is 14.8 Å². The molecule has 2 aliphatic rings. The number of nitrogens with zero attached hydrogens (tertiary/aromatic N) is 4. The van der Waals surface area contributed by atoms with Gasteiger partial charge in [0, 0.05) is 44.3 Å². The Morgan fingerprint density at radius 2 is 1.85 bits per heavy atom. The molecule has 1 atom stereocenters. The first-order valence-electron chi connectivity index (χ1n) is 10.1. The third-order valence-corrected chi connectivity index (χ3v) is 5.77. The Kier molecular flexibility index (Phi) is 5.60. The Balaban J connectivity index is 1.40. The highest BCUT2D eigenvalue weighted by Gasteiger charge is 2.28. The highest BCUT2D eigenvalue weighted by Crippen LogP contribution is 2.29. The van der Waals surface area contributed by atoms with Gasteiger partial charge in [-0.3, -0.25) is 9.88 Å². The molecule has 1 aromatic carbocycles. The van der Waals surface area contributed by atoms with Gasteiger partial charge in [0.05, 0.1) is 24.2 Å². The second-order valence-corrected chi connectivity index (χ2v) is 7.56. The average molecular weight is 367 g/mol. The number of aromatic nitrogens is 1. The number of benzene rings is 1. The van der Waals surface area contributed by atoms with E-state index in [4.69, 9.17) is 9.72 Å². The van der Waals surface area contributed by atoms with E-state index < -0.39 is 0 Å². The molecule has 0 radical (unpaired) electrons. The Morgan fingerprint density at radius 3 is 2.52 bits per heavy atom.